The molecule has 10 nitrogen and oxygen atoms in total. The maximum absolute atomic E-state index is 12.6. The highest BCUT2D eigenvalue weighted by atomic mass is 16.5. The maximum Gasteiger partial charge on any atom is 0.248 e. The molecule has 4 aromatic rings. The molecule has 1 aromatic heterocycles. The topological polar surface area (TPSA) is 144 Å². The molecule has 1 atom stereocenters. The molecular formula is C31H30N6O4. The Morgan fingerprint density at radius 1 is 1.17 bits per heavy atom. The Kier molecular flexibility index (Phi) is 9.03. The SMILES string of the molecule is N#Cc1cnc2cc(OC3CCOC3)c(NC(=O)/C=C/CNN)cc2c1Nc1ccc(OCc2ccccc2)cc1. The van der Waals surface area contributed by atoms with Crippen molar-refractivity contribution in [1.29, 1.82) is 5.26 Å². The minimum absolute atomic E-state index is 0.140. The highest BCUT2D eigenvalue weighted by Gasteiger charge is 2.21. The first-order chi connectivity index (χ1) is 20.1. The summed E-state index contributed by atoms with van der Waals surface area (Å²) in [5.74, 6) is 6.13. The third kappa shape index (κ3) is 7.17. The summed E-state index contributed by atoms with van der Waals surface area (Å²) in [5, 5.41) is 16.8. The highest BCUT2D eigenvalue weighted by Crippen LogP contribution is 2.37. The van der Waals surface area contributed by atoms with Gasteiger partial charge in [-0.05, 0) is 35.9 Å². The lowest BCUT2D eigenvalue weighted by molar-refractivity contribution is -0.111. The molecule has 10 heteroatoms. The highest BCUT2D eigenvalue weighted by molar-refractivity contribution is 6.04. The summed E-state index contributed by atoms with van der Waals surface area (Å²) < 4.78 is 17.5. The van der Waals surface area contributed by atoms with Gasteiger partial charge in [-0.15, -0.1) is 0 Å². The van der Waals surface area contributed by atoms with Gasteiger partial charge in [-0.1, -0.05) is 36.4 Å². The van der Waals surface area contributed by atoms with Crippen LogP contribution < -0.4 is 31.4 Å². The van der Waals surface area contributed by atoms with Crippen molar-refractivity contribution >= 4 is 33.9 Å². The van der Waals surface area contributed by atoms with E-state index in [9.17, 15) is 10.1 Å². The second-order valence-corrected chi connectivity index (χ2v) is 9.35. The number of pyridine rings is 1. The molecule has 1 aliphatic rings. The molecule has 5 N–H and O–H groups in total. The van der Waals surface area contributed by atoms with Gasteiger partial charge in [-0.3, -0.25) is 21.0 Å². The largest absolute Gasteiger partial charge is 0.489 e. The predicted octanol–water partition coefficient (Wildman–Crippen LogP) is 4.55. The van der Waals surface area contributed by atoms with Gasteiger partial charge in [0, 0.05) is 42.4 Å². The molecule has 2 heterocycles. The van der Waals surface area contributed by atoms with Crippen LogP contribution in [0.15, 0.2) is 85.1 Å². The van der Waals surface area contributed by atoms with Gasteiger partial charge in [-0.25, -0.2) is 0 Å². The quantitative estimate of drug-likeness (QED) is 0.120. The second kappa shape index (κ2) is 13.4. The van der Waals surface area contributed by atoms with Crippen LogP contribution in [0.2, 0.25) is 0 Å². The predicted molar refractivity (Wildman–Crippen MR) is 157 cm³/mol. The number of benzene rings is 3. The number of rotatable bonds is 11. The number of hydrazine groups is 1. The maximum atomic E-state index is 12.6. The van der Waals surface area contributed by atoms with E-state index in [0.29, 0.717) is 60.0 Å². The number of hydrogen-bond donors (Lipinski definition) is 4. The molecule has 0 spiro atoms. The fourth-order valence-corrected chi connectivity index (χ4v) is 4.35. The van der Waals surface area contributed by atoms with Crippen molar-refractivity contribution in [1.82, 2.24) is 10.4 Å². The number of carbonyl (C=O) groups is 1. The molecule has 3 aromatic carbocycles. The van der Waals surface area contributed by atoms with Gasteiger partial charge in [0.15, 0.2) is 0 Å². The third-order valence-electron chi connectivity index (χ3n) is 6.41. The lowest BCUT2D eigenvalue weighted by atomic mass is 10.1. The van der Waals surface area contributed by atoms with Crippen molar-refractivity contribution in [2.75, 3.05) is 30.4 Å². The van der Waals surface area contributed by atoms with E-state index in [2.05, 4.69) is 27.1 Å². The molecule has 0 bridgehead atoms. The molecule has 41 heavy (non-hydrogen) atoms. The van der Waals surface area contributed by atoms with Crippen LogP contribution in [-0.2, 0) is 16.1 Å². The Balaban J connectivity index is 1.43. The van der Waals surface area contributed by atoms with Crippen LogP contribution in [-0.4, -0.2) is 36.8 Å². The number of fused-ring (bicyclic) bond motifs is 1. The van der Waals surface area contributed by atoms with Crippen molar-refractivity contribution in [3.05, 3.63) is 96.2 Å². The number of nitrogens with zero attached hydrogens (tertiary/aromatic N) is 2. The number of carbonyl (C=O) groups excluding carboxylic acids is 1. The lowest BCUT2D eigenvalue weighted by Gasteiger charge is -2.18. The smallest absolute Gasteiger partial charge is 0.248 e. The van der Waals surface area contributed by atoms with Gasteiger partial charge >= 0.3 is 0 Å². The van der Waals surface area contributed by atoms with Crippen molar-refractivity contribution < 1.29 is 19.0 Å². The third-order valence-corrected chi connectivity index (χ3v) is 6.41. The monoisotopic (exact) mass is 550 g/mol. The van der Waals surface area contributed by atoms with Crippen LogP contribution in [0.1, 0.15) is 17.5 Å². The van der Waals surface area contributed by atoms with E-state index in [1.807, 2.05) is 54.6 Å². The van der Waals surface area contributed by atoms with Crippen LogP contribution in [0.25, 0.3) is 10.9 Å². The van der Waals surface area contributed by atoms with Crippen molar-refractivity contribution in [3.8, 4) is 17.6 Å². The Morgan fingerprint density at radius 2 is 2.00 bits per heavy atom. The molecule has 1 amide bonds. The molecular weight excluding hydrogens is 520 g/mol. The van der Waals surface area contributed by atoms with Gasteiger partial charge in [0.25, 0.3) is 0 Å². The molecule has 0 saturated carbocycles. The van der Waals surface area contributed by atoms with Crippen LogP contribution >= 0.6 is 0 Å². The molecule has 0 aliphatic carbocycles. The zero-order chi connectivity index (χ0) is 28.4. The number of nitrogens with one attached hydrogen (secondary N) is 3. The first kappa shape index (κ1) is 27.6. The van der Waals surface area contributed by atoms with E-state index in [4.69, 9.17) is 20.1 Å². The number of hydrogen-bond acceptors (Lipinski definition) is 9. The molecule has 1 aliphatic heterocycles. The first-order valence-corrected chi connectivity index (χ1v) is 13.2. The summed E-state index contributed by atoms with van der Waals surface area (Å²) in [5.41, 5.74) is 6.27. The number of nitriles is 1. The van der Waals surface area contributed by atoms with Gasteiger partial charge in [0.1, 0.15) is 30.3 Å². The van der Waals surface area contributed by atoms with Crippen LogP contribution in [0.5, 0.6) is 11.5 Å². The summed E-state index contributed by atoms with van der Waals surface area (Å²) in [6.45, 7) is 1.88. The van der Waals surface area contributed by atoms with Crippen LogP contribution in [0.4, 0.5) is 17.1 Å². The van der Waals surface area contributed by atoms with Crippen LogP contribution in [0, 0.1) is 11.3 Å². The molecule has 1 fully saturated rings. The molecule has 208 valence electrons. The van der Waals surface area contributed by atoms with E-state index in [1.165, 1.54) is 12.3 Å². The molecule has 1 saturated heterocycles. The fraction of sp³-hybridized carbons (Fsp3) is 0.194. The van der Waals surface area contributed by atoms with E-state index < -0.39 is 0 Å². The minimum atomic E-state index is -0.350. The standard InChI is InChI=1S/C31H30N6O4/c32-17-22-18-34-27-16-29(41-25-12-14-39-20-25)28(37-30(38)7-4-13-35-33)15-26(27)31(22)36-23-8-10-24(11-9-23)40-19-21-5-2-1-3-6-21/h1-11,15-16,18,25,35H,12-14,19-20,33H2,(H,34,36)(H,37,38)/b7-4+. The Bertz CT molecular complexity index is 1560. The van der Waals surface area contributed by atoms with Crippen molar-refractivity contribution in [2.45, 2.75) is 19.1 Å². The van der Waals surface area contributed by atoms with E-state index >= 15 is 0 Å². The number of aromatic nitrogens is 1. The number of anilines is 3. The van der Waals surface area contributed by atoms with Crippen molar-refractivity contribution in [3.63, 3.8) is 0 Å². The van der Waals surface area contributed by atoms with Crippen molar-refractivity contribution in [2.24, 2.45) is 5.84 Å². The van der Waals surface area contributed by atoms with Gasteiger partial charge in [0.05, 0.1) is 35.7 Å². The number of amides is 1. The average molecular weight is 551 g/mol. The number of ether oxygens (including phenoxy) is 3. The first-order valence-electron chi connectivity index (χ1n) is 13.2. The molecule has 1 unspecified atom stereocenters. The second-order valence-electron chi connectivity index (χ2n) is 9.35. The van der Waals surface area contributed by atoms with Gasteiger partial charge < -0.3 is 24.8 Å². The Morgan fingerprint density at radius 3 is 2.73 bits per heavy atom. The minimum Gasteiger partial charge on any atom is -0.489 e. The molecule has 0 radical (unpaired) electrons. The fourth-order valence-electron chi connectivity index (χ4n) is 4.35. The summed E-state index contributed by atoms with van der Waals surface area (Å²) in [7, 11) is 0. The summed E-state index contributed by atoms with van der Waals surface area (Å²) >= 11 is 0. The Hall–Kier alpha value is -4.95. The normalized spacial score (nSPS) is 14.6. The van der Waals surface area contributed by atoms with E-state index in [-0.39, 0.29) is 12.0 Å². The van der Waals surface area contributed by atoms with Crippen LogP contribution in [0.3, 0.4) is 0 Å². The van der Waals surface area contributed by atoms with Gasteiger partial charge in [0.2, 0.25) is 5.91 Å². The zero-order valence-corrected chi connectivity index (χ0v) is 22.3. The Labute approximate surface area is 237 Å². The lowest BCUT2D eigenvalue weighted by Crippen LogP contribution is -2.22. The number of nitrogens with two attached hydrogens (primary N) is 1. The zero-order valence-electron chi connectivity index (χ0n) is 22.3. The summed E-state index contributed by atoms with van der Waals surface area (Å²) in [4.78, 5) is 17.1. The average Bonchev–Trinajstić information content (AvgIpc) is 3.51. The van der Waals surface area contributed by atoms with E-state index in [0.717, 1.165) is 23.4 Å². The molecule has 5 rings (SSSR count). The van der Waals surface area contributed by atoms with Gasteiger partial charge in [-0.2, -0.15) is 5.26 Å². The summed E-state index contributed by atoms with van der Waals surface area (Å²) in [6.07, 6.45) is 5.12. The van der Waals surface area contributed by atoms with E-state index in [1.54, 1.807) is 18.2 Å². The summed E-state index contributed by atoms with van der Waals surface area (Å²) in [6, 6.07) is 23.2.